The highest BCUT2D eigenvalue weighted by molar-refractivity contribution is 4.78. The van der Waals surface area contributed by atoms with Gasteiger partial charge in [0.2, 0.25) is 0 Å². The summed E-state index contributed by atoms with van der Waals surface area (Å²) in [6.45, 7) is 8.93. The number of aliphatic hydroxyl groups is 1. The van der Waals surface area contributed by atoms with Crippen molar-refractivity contribution in [3.8, 4) is 0 Å². The zero-order valence-electron chi connectivity index (χ0n) is 10.2. The lowest BCUT2D eigenvalue weighted by atomic mass is 9.98. The van der Waals surface area contributed by atoms with Crippen LogP contribution in [-0.2, 0) is 4.74 Å². The molecule has 1 heterocycles. The summed E-state index contributed by atoms with van der Waals surface area (Å²) in [6, 6.07) is 0. The van der Waals surface area contributed by atoms with Crippen LogP contribution in [0, 0.1) is 0 Å². The zero-order chi connectivity index (χ0) is 11.1. The first-order chi connectivity index (χ1) is 7.14. The molecule has 0 aliphatic carbocycles. The Bertz CT molecular complexity index is 171. The molecule has 0 aromatic rings. The lowest BCUT2D eigenvalue weighted by molar-refractivity contribution is 0.0443. The Balaban J connectivity index is 2.14. The normalized spacial score (nSPS) is 29.0. The second-order valence-corrected chi connectivity index (χ2v) is 4.74. The van der Waals surface area contributed by atoms with Crippen LogP contribution < -0.4 is 0 Å². The fraction of sp³-hybridized carbons (Fsp3) is 1.00. The molecule has 15 heavy (non-hydrogen) atoms. The summed E-state index contributed by atoms with van der Waals surface area (Å²) in [6.07, 6.45) is 4.06. The Morgan fingerprint density at radius 1 is 1.33 bits per heavy atom. The maximum absolute atomic E-state index is 9.93. The molecule has 90 valence electrons. The third-order valence-electron chi connectivity index (χ3n) is 3.12. The minimum absolute atomic E-state index is 0.436. The molecular formula is C12H25NO2. The van der Waals surface area contributed by atoms with E-state index in [1.54, 1.807) is 0 Å². The van der Waals surface area contributed by atoms with Gasteiger partial charge in [-0.3, -0.25) is 0 Å². The Labute approximate surface area is 93.4 Å². The topological polar surface area (TPSA) is 32.7 Å². The number of hydrogen-bond acceptors (Lipinski definition) is 3. The molecule has 1 unspecified atom stereocenters. The van der Waals surface area contributed by atoms with Crippen LogP contribution in [-0.4, -0.2) is 48.5 Å². The largest absolute Gasteiger partial charge is 0.390 e. The fourth-order valence-electron chi connectivity index (χ4n) is 2.08. The molecule has 0 aromatic carbocycles. The molecule has 1 fully saturated rings. The van der Waals surface area contributed by atoms with E-state index in [1.807, 2.05) is 13.8 Å². The first-order valence-electron chi connectivity index (χ1n) is 6.16. The molecule has 0 bridgehead atoms. The lowest BCUT2D eigenvalue weighted by Gasteiger charge is -2.22. The molecule has 1 aliphatic heterocycles. The van der Waals surface area contributed by atoms with E-state index in [0.29, 0.717) is 0 Å². The van der Waals surface area contributed by atoms with Crippen molar-refractivity contribution in [1.29, 1.82) is 0 Å². The van der Waals surface area contributed by atoms with Crippen LogP contribution in [0.5, 0.6) is 0 Å². The molecule has 1 saturated heterocycles. The van der Waals surface area contributed by atoms with Crippen LogP contribution in [0.1, 0.15) is 39.5 Å². The molecule has 1 aliphatic rings. The SMILES string of the molecule is CCOCCCN1CCCC(C)(O)CC1. The van der Waals surface area contributed by atoms with Gasteiger partial charge in [0, 0.05) is 26.3 Å². The average molecular weight is 215 g/mol. The monoisotopic (exact) mass is 215 g/mol. The quantitative estimate of drug-likeness (QED) is 0.708. The predicted octanol–water partition coefficient (Wildman–Crippen LogP) is 1.65. The maximum atomic E-state index is 9.93. The molecule has 0 aromatic heterocycles. The van der Waals surface area contributed by atoms with Crippen molar-refractivity contribution in [2.45, 2.75) is 45.1 Å². The van der Waals surface area contributed by atoms with Crippen molar-refractivity contribution in [1.82, 2.24) is 4.90 Å². The highest BCUT2D eigenvalue weighted by atomic mass is 16.5. The number of likely N-dealkylation sites (tertiary alicyclic amines) is 1. The average Bonchev–Trinajstić information content (AvgIpc) is 2.35. The van der Waals surface area contributed by atoms with Crippen molar-refractivity contribution in [3.63, 3.8) is 0 Å². The predicted molar refractivity (Wildman–Crippen MR) is 62.0 cm³/mol. The van der Waals surface area contributed by atoms with Crippen LogP contribution in [0.4, 0.5) is 0 Å². The van der Waals surface area contributed by atoms with E-state index in [9.17, 15) is 5.11 Å². The molecule has 0 spiro atoms. The van der Waals surface area contributed by atoms with Gasteiger partial charge >= 0.3 is 0 Å². The van der Waals surface area contributed by atoms with Crippen molar-refractivity contribution >= 4 is 0 Å². The highest BCUT2D eigenvalue weighted by Gasteiger charge is 2.24. The molecule has 1 N–H and O–H groups in total. The van der Waals surface area contributed by atoms with E-state index in [-0.39, 0.29) is 0 Å². The van der Waals surface area contributed by atoms with Crippen LogP contribution >= 0.6 is 0 Å². The van der Waals surface area contributed by atoms with E-state index >= 15 is 0 Å². The first-order valence-corrected chi connectivity index (χ1v) is 6.16. The number of hydrogen-bond donors (Lipinski definition) is 1. The molecule has 1 rings (SSSR count). The summed E-state index contributed by atoms with van der Waals surface area (Å²) in [5, 5.41) is 9.93. The summed E-state index contributed by atoms with van der Waals surface area (Å²) < 4.78 is 5.32. The Morgan fingerprint density at radius 3 is 2.87 bits per heavy atom. The second kappa shape index (κ2) is 6.46. The lowest BCUT2D eigenvalue weighted by Crippen LogP contribution is -2.29. The Hall–Kier alpha value is -0.120. The molecule has 3 nitrogen and oxygen atoms in total. The second-order valence-electron chi connectivity index (χ2n) is 4.74. The molecule has 3 heteroatoms. The third-order valence-corrected chi connectivity index (χ3v) is 3.12. The van der Waals surface area contributed by atoms with Crippen molar-refractivity contribution in [2.75, 3.05) is 32.8 Å². The highest BCUT2D eigenvalue weighted by Crippen LogP contribution is 2.21. The minimum atomic E-state index is -0.436. The smallest absolute Gasteiger partial charge is 0.0632 e. The van der Waals surface area contributed by atoms with E-state index in [2.05, 4.69) is 4.90 Å². The fourth-order valence-corrected chi connectivity index (χ4v) is 2.08. The molecule has 0 radical (unpaired) electrons. The summed E-state index contributed by atoms with van der Waals surface area (Å²) in [5.74, 6) is 0. The minimum Gasteiger partial charge on any atom is -0.390 e. The van der Waals surface area contributed by atoms with Crippen LogP contribution in [0.3, 0.4) is 0 Å². The van der Waals surface area contributed by atoms with Gasteiger partial charge in [0.25, 0.3) is 0 Å². The van der Waals surface area contributed by atoms with Gasteiger partial charge < -0.3 is 14.7 Å². The third kappa shape index (κ3) is 5.50. The summed E-state index contributed by atoms with van der Waals surface area (Å²) >= 11 is 0. The van der Waals surface area contributed by atoms with Crippen LogP contribution in [0.2, 0.25) is 0 Å². The zero-order valence-corrected chi connectivity index (χ0v) is 10.2. The molecule has 0 saturated carbocycles. The number of nitrogens with zero attached hydrogens (tertiary/aromatic N) is 1. The van der Waals surface area contributed by atoms with E-state index in [0.717, 1.165) is 58.5 Å². The Kier molecular flexibility index (Phi) is 5.58. The molecular weight excluding hydrogens is 190 g/mol. The number of ether oxygens (including phenoxy) is 1. The van der Waals surface area contributed by atoms with E-state index < -0.39 is 5.60 Å². The van der Waals surface area contributed by atoms with Crippen LogP contribution in [0.25, 0.3) is 0 Å². The first kappa shape index (κ1) is 12.9. The van der Waals surface area contributed by atoms with Gasteiger partial charge in [-0.25, -0.2) is 0 Å². The molecule has 0 amide bonds. The standard InChI is InChI=1S/C12H25NO2/c1-3-15-11-5-9-13-8-4-6-12(2,14)7-10-13/h14H,3-11H2,1-2H3. The maximum Gasteiger partial charge on any atom is 0.0632 e. The summed E-state index contributed by atoms with van der Waals surface area (Å²) in [5.41, 5.74) is -0.436. The van der Waals surface area contributed by atoms with Gasteiger partial charge in [-0.2, -0.15) is 0 Å². The number of rotatable bonds is 5. The van der Waals surface area contributed by atoms with E-state index in [4.69, 9.17) is 4.74 Å². The molecule has 1 atom stereocenters. The van der Waals surface area contributed by atoms with Crippen LogP contribution in [0.15, 0.2) is 0 Å². The van der Waals surface area contributed by atoms with Gasteiger partial charge in [-0.15, -0.1) is 0 Å². The van der Waals surface area contributed by atoms with Crippen molar-refractivity contribution < 1.29 is 9.84 Å². The van der Waals surface area contributed by atoms with Gasteiger partial charge in [0.05, 0.1) is 5.60 Å². The summed E-state index contributed by atoms with van der Waals surface area (Å²) in [4.78, 5) is 2.44. The van der Waals surface area contributed by atoms with Gasteiger partial charge in [-0.05, 0) is 46.1 Å². The van der Waals surface area contributed by atoms with Crippen molar-refractivity contribution in [3.05, 3.63) is 0 Å². The summed E-state index contributed by atoms with van der Waals surface area (Å²) in [7, 11) is 0. The van der Waals surface area contributed by atoms with E-state index in [1.165, 1.54) is 0 Å². The van der Waals surface area contributed by atoms with Gasteiger partial charge in [-0.1, -0.05) is 0 Å². The Morgan fingerprint density at radius 2 is 2.13 bits per heavy atom. The van der Waals surface area contributed by atoms with Gasteiger partial charge in [0.1, 0.15) is 0 Å². The van der Waals surface area contributed by atoms with Gasteiger partial charge in [0.15, 0.2) is 0 Å². The van der Waals surface area contributed by atoms with Crippen molar-refractivity contribution in [2.24, 2.45) is 0 Å².